The smallest absolute Gasteiger partial charge is 0.147 e. The molecule has 2 N–H and O–H groups in total. The molecule has 1 aromatic rings. The minimum atomic E-state index is -0.671. The average molecular weight is 248 g/mol. The second-order valence-electron chi connectivity index (χ2n) is 4.16. The van der Waals surface area contributed by atoms with Crippen molar-refractivity contribution in [1.82, 2.24) is 0 Å². The molecule has 0 aliphatic rings. The lowest BCUT2D eigenvalue weighted by Gasteiger charge is -2.09. The van der Waals surface area contributed by atoms with Crippen molar-refractivity contribution >= 4 is 11.6 Å². The molecule has 4 heteroatoms. The Bertz CT molecular complexity index is 378. The Morgan fingerprint density at radius 2 is 2.00 bits per heavy atom. The second-order valence-corrected chi connectivity index (χ2v) is 4.54. The quantitative estimate of drug-likeness (QED) is 0.809. The topological polar surface area (TPSA) is 26.0 Å². The second kappa shape index (κ2) is 5.60. The monoisotopic (exact) mass is 247 g/mol. The molecule has 90 valence electrons. The summed E-state index contributed by atoms with van der Waals surface area (Å²) in [4.78, 5) is 0. The molecular weight excluding hydrogens is 232 g/mol. The lowest BCUT2D eigenvalue weighted by Crippen LogP contribution is -2.14. The van der Waals surface area contributed by atoms with Gasteiger partial charge in [-0.1, -0.05) is 17.7 Å². The first kappa shape index (κ1) is 13.4. The number of hydrogen-bond donors (Lipinski definition) is 1. The molecule has 0 aliphatic carbocycles. The maximum absolute atomic E-state index is 13.6. The van der Waals surface area contributed by atoms with Crippen molar-refractivity contribution in [3.8, 4) is 0 Å². The van der Waals surface area contributed by atoms with Crippen LogP contribution in [0.2, 0.25) is 5.02 Å². The largest absolute Gasteiger partial charge is 0.328 e. The van der Waals surface area contributed by atoms with E-state index < -0.39 is 16.7 Å². The van der Waals surface area contributed by atoms with Crippen LogP contribution in [0.4, 0.5) is 8.78 Å². The fraction of sp³-hybridized carbons (Fsp3) is 0.500. The molecule has 1 unspecified atom stereocenters. The summed E-state index contributed by atoms with van der Waals surface area (Å²) < 4.78 is 26.8. The number of rotatable bonds is 4. The summed E-state index contributed by atoms with van der Waals surface area (Å²) in [6.45, 7) is 3.48. The molecule has 1 aromatic carbocycles. The summed E-state index contributed by atoms with van der Waals surface area (Å²) >= 11 is 5.55. The fourth-order valence-electron chi connectivity index (χ4n) is 1.59. The molecule has 0 saturated heterocycles. The van der Waals surface area contributed by atoms with E-state index in [-0.39, 0.29) is 6.04 Å². The number of nitrogens with two attached hydrogens (primary N) is 1. The SMILES string of the molecule is Cc1cc(CCCC(C)N)c(F)c(Cl)c1F. The van der Waals surface area contributed by atoms with Crippen LogP contribution in [-0.2, 0) is 6.42 Å². The van der Waals surface area contributed by atoms with Gasteiger partial charge in [-0.15, -0.1) is 0 Å². The Labute approximate surface area is 99.6 Å². The van der Waals surface area contributed by atoms with Crippen LogP contribution in [0.5, 0.6) is 0 Å². The lowest BCUT2D eigenvalue weighted by atomic mass is 10.0. The average Bonchev–Trinajstić information content (AvgIpc) is 2.22. The first-order chi connectivity index (χ1) is 7.43. The van der Waals surface area contributed by atoms with Gasteiger partial charge in [0.2, 0.25) is 0 Å². The van der Waals surface area contributed by atoms with Crippen molar-refractivity contribution in [3.05, 3.63) is 33.9 Å². The van der Waals surface area contributed by atoms with E-state index in [9.17, 15) is 8.78 Å². The predicted octanol–water partition coefficient (Wildman–Crippen LogP) is 3.60. The molecule has 0 aliphatic heterocycles. The van der Waals surface area contributed by atoms with Crippen LogP contribution < -0.4 is 5.73 Å². The Kier molecular flexibility index (Phi) is 4.69. The highest BCUT2D eigenvalue weighted by molar-refractivity contribution is 6.31. The summed E-state index contributed by atoms with van der Waals surface area (Å²) in [7, 11) is 0. The van der Waals surface area contributed by atoms with Gasteiger partial charge >= 0.3 is 0 Å². The third kappa shape index (κ3) is 3.16. The molecule has 16 heavy (non-hydrogen) atoms. The Morgan fingerprint density at radius 3 is 2.56 bits per heavy atom. The van der Waals surface area contributed by atoms with Gasteiger partial charge in [0.25, 0.3) is 0 Å². The summed E-state index contributed by atoms with van der Waals surface area (Å²) in [5.74, 6) is -1.32. The van der Waals surface area contributed by atoms with Crippen LogP contribution in [0, 0.1) is 18.6 Å². The van der Waals surface area contributed by atoms with Crippen LogP contribution in [0.1, 0.15) is 30.9 Å². The fourth-order valence-corrected chi connectivity index (χ4v) is 1.87. The van der Waals surface area contributed by atoms with Gasteiger partial charge in [0.1, 0.15) is 16.7 Å². The van der Waals surface area contributed by atoms with Crippen molar-refractivity contribution in [1.29, 1.82) is 0 Å². The van der Waals surface area contributed by atoms with Crippen LogP contribution in [0.25, 0.3) is 0 Å². The number of hydrogen-bond acceptors (Lipinski definition) is 1. The number of benzene rings is 1. The van der Waals surface area contributed by atoms with Crippen LogP contribution in [0.3, 0.4) is 0 Å². The molecule has 0 radical (unpaired) electrons. The van der Waals surface area contributed by atoms with Gasteiger partial charge < -0.3 is 5.73 Å². The molecule has 1 rings (SSSR count). The Balaban J connectivity index is 2.81. The molecule has 1 nitrogen and oxygen atoms in total. The van der Waals surface area contributed by atoms with E-state index in [0.29, 0.717) is 17.5 Å². The zero-order valence-electron chi connectivity index (χ0n) is 9.49. The minimum absolute atomic E-state index is 0.0973. The van der Waals surface area contributed by atoms with Gasteiger partial charge in [0.15, 0.2) is 0 Å². The molecule has 0 bridgehead atoms. The molecule has 0 aromatic heterocycles. The molecule has 1 atom stereocenters. The van der Waals surface area contributed by atoms with E-state index >= 15 is 0 Å². The van der Waals surface area contributed by atoms with Gasteiger partial charge in [0.05, 0.1) is 0 Å². The lowest BCUT2D eigenvalue weighted by molar-refractivity contribution is 0.556. The molecule has 0 heterocycles. The molecular formula is C12H16ClF2N. The maximum Gasteiger partial charge on any atom is 0.147 e. The van der Waals surface area contributed by atoms with Crippen molar-refractivity contribution in [2.45, 2.75) is 39.2 Å². The van der Waals surface area contributed by atoms with Crippen LogP contribution in [0.15, 0.2) is 6.07 Å². The molecule has 0 spiro atoms. The Morgan fingerprint density at radius 1 is 1.38 bits per heavy atom. The number of halogens is 3. The zero-order valence-corrected chi connectivity index (χ0v) is 10.2. The van der Waals surface area contributed by atoms with Gasteiger partial charge in [0, 0.05) is 6.04 Å². The maximum atomic E-state index is 13.6. The molecule has 0 saturated carbocycles. The third-order valence-corrected chi connectivity index (χ3v) is 2.84. The highest BCUT2D eigenvalue weighted by Crippen LogP contribution is 2.26. The number of aryl methyl sites for hydroxylation is 2. The normalized spacial score (nSPS) is 12.9. The van der Waals surface area contributed by atoms with E-state index in [4.69, 9.17) is 17.3 Å². The van der Waals surface area contributed by atoms with Crippen molar-refractivity contribution in [2.24, 2.45) is 5.73 Å². The summed E-state index contributed by atoms with van der Waals surface area (Å²) in [6, 6.07) is 1.61. The van der Waals surface area contributed by atoms with Gasteiger partial charge in [-0.3, -0.25) is 0 Å². The highest BCUT2D eigenvalue weighted by Gasteiger charge is 2.14. The van der Waals surface area contributed by atoms with Crippen LogP contribution in [-0.4, -0.2) is 6.04 Å². The van der Waals surface area contributed by atoms with E-state index in [1.165, 1.54) is 6.07 Å². The van der Waals surface area contributed by atoms with Gasteiger partial charge in [-0.05, 0) is 44.2 Å². The summed E-state index contributed by atoms with van der Waals surface area (Å²) in [6.07, 6.45) is 2.12. The third-order valence-electron chi connectivity index (χ3n) is 2.51. The standard InChI is InChI=1S/C12H16ClF2N/c1-7-6-9(5-3-4-8(2)16)12(15)10(13)11(7)14/h6,8H,3-5,16H2,1-2H3. The van der Waals surface area contributed by atoms with E-state index in [2.05, 4.69) is 0 Å². The molecule has 0 fully saturated rings. The summed E-state index contributed by atoms with van der Waals surface area (Å²) in [5.41, 5.74) is 6.44. The van der Waals surface area contributed by atoms with E-state index in [1.807, 2.05) is 6.92 Å². The van der Waals surface area contributed by atoms with Crippen LogP contribution >= 0.6 is 11.6 Å². The Hall–Kier alpha value is -0.670. The molecule has 0 amide bonds. The van der Waals surface area contributed by atoms with E-state index in [1.54, 1.807) is 6.92 Å². The highest BCUT2D eigenvalue weighted by atomic mass is 35.5. The van der Waals surface area contributed by atoms with Crippen molar-refractivity contribution in [3.63, 3.8) is 0 Å². The van der Waals surface area contributed by atoms with Crippen molar-refractivity contribution < 1.29 is 8.78 Å². The van der Waals surface area contributed by atoms with Gasteiger partial charge in [-0.2, -0.15) is 0 Å². The van der Waals surface area contributed by atoms with Crippen molar-refractivity contribution in [2.75, 3.05) is 0 Å². The van der Waals surface area contributed by atoms with Gasteiger partial charge in [-0.25, -0.2) is 8.78 Å². The predicted molar refractivity (Wildman–Crippen MR) is 62.7 cm³/mol. The summed E-state index contributed by atoms with van der Waals surface area (Å²) in [5, 5.41) is -0.407. The first-order valence-corrected chi connectivity index (χ1v) is 5.69. The zero-order chi connectivity index (χ0) is 12.3. The van der Waals surface area contributed by atoms with E-state index in [0.717, 1.165) is 12.8 Å². The minimum Gasteiger partial charge on any atom is -0.328 e. The first-order valence-electron chi connectivity index (χ1n) is 5.32.